The molecule has 2 unspecified atom stereocenters. The molecular formula is C18H21FN2O3. The molecule has 2 aliphatic rings. The largest absolute Gasteiger partial charge is 0.326 e. The number of rotatable bonds is 2. The molecule has 1 saturated carbocycles. The van der Waals surface area contributed by atoms with Crippen molar-refractivity contribution < 1.29 is 18.8 Å². The summed E-state index contributed by atoms with van der Waals surface area (Å²) in [7, 11) is 0. The molecule has 2 fully saturated rings. The van der Waals surface area contributed by atoms with Gasteiger partial charge in [-0.25, -0.2) is 4.39 Å². The topological polar surface area (TPSA) is 75.3 Å². The van der Waals surface area contributed by atoms with Crippen molar-refractivity contribution in [3.63, 3.8) is 0 Å². The monoisotopic (exact) mass is 332 g/mol. The zero-order chi connectivity index (χ0) is 17.8. The highest BCUT2D eigenvalue weighted by Crippen LogP contribution is 2.56. The van der Waals surface area contributed by atoms with Gasteiger partial charge in [0, 0.05) is 21.9 Å². The van der Waals surface area contributed by atoms with Gasteiger partial charge in [-0.2, -0.15) is 0 Å². The van der Waals surface area contributed by atoms with Crippen LogP contribution in [0.2, 0.25) is 0 Å². The SMILES string of the molecule is CC12CC(C)(CC(C)(C(=O)Nc3ccc(F)cc3)C1)C(=O)NC2=O. The molecule has 2 atom stereocenters. The van der Waals surface area contributed by atoms with Crippen LogP contribution >= 0.6 is 0 Å². The Morgan fingerprint density at radius 1 is 1.00 bits per heavy atom. The molecule has 1 aliphatic carbocycles. The maximum atomic E-state index is 13.0. The average Bonchev–Trinajstić information content (AvgIpc) is 2.47. The van der Waals surface area contributed by atoms with Crippen LogP contribution in [0.1, 0.15) is 40.0 Å². The lowest BCUT2D eigenvalue weighted by atomic mass is 9.52. The molecule has 1 aliphatic heterocycles. The minimum absolute atomic E-state index is 0.256. The highest BCUT2D eigenvalue weighted by Gasteiger charge is 2.60. The van der Waals surface area contributed by atoms with Gasteiger partial charge in [0.05, 0.1) is 0 Å². The summed E-state index contributed by atoms with van der Waals surface area (Å²) >= 11 is 0. The van der Waals surface area contributed by atoms with E-state index in [-0.39, 0.29) is 23.5 Å². The van der Waals surface area contributed by atoms with Gasteiger partial charge in [0.1, 0.15) is 5.82 Å². The van der Waals surface area contributed by atoms with Crippen molar-refractivity contribution in [2.45, 2.75) is 40.0 Å². The molecule has 0 radical (unpaired) electrons. The molecule has 3 amide bonds. The highest BCUT2D eigenvalue weighted by molar-refractivity contribution is 6.05. The summed E-state index contributed by atoms with van der Waals surface area (Å²) in [5.74, 6) is -1.27. The first kappa shape index (κ1) is 16.6. The van der Waals surface area contributed by atoms with E-state index in [2.05, 4.69) is 10.6 Å². The zero-order valence-corrected chi connectivity index (χ0v) is 14.0. The number of hydrogen-bond donors (Lipinski definition) is 2. The summed E-state index contributed by atoms with van der Waals surface area (Å²) in [6.07, 6.45) is 1.17. The van der Waals surface area contributed by atoms with Crippen LogP contribution in [-0.2, 0) is 14.4 Å². The Morgan fingerprint density at radius 3 is 2.00 bits per heavy atom. The molecule has 24 heavy (non-hydrogen) atoms. The summed E-state index contributed by atoms with van der Waals surface area (Å²) in [5, 5.41) is 5.23. The van der Waals surface area contributed by atoms with Crippen molar-refractivity contribution in [2.75, 3.05) is 5.32 Å². The van der Waals surface area contributed by atoms with Gasteiger partial charge in [0.25, 0.3) is 0 Å². The maximum absolute atomic E-state index is 13.0. The number of carbonyl (C=O) groups is 3. The molecule has 1 aromatic rings. The summed E-state index contributed by atoms with van der Waals surface area (Å²) in [4.78, 5) is 37.4. The van der Waals surface area contributed by atoms with Crippen LogP contribution < -0.4 is 10.6 Å². The van der Waals surface area contributed by atoms with E-state index in [9.17, 15) is 18.8 Å². The molecule has 5 nitrogen and oxygen atoms in total. The third kappa shape index (κ3) is 2.60. The number of carbonyl (C=O) groups excluding carboxylic acids is 3. The van der Waals surface area contributed by atoms with Crippen molar-refractivity contribution >= 4 is 23.4 Å². The summed E-state index contributed by atoms with van der Waals surface area (Å²) in [6, 6.07) is 5.52. The Hall–Kier alpha value is -2.24. The summed E-state index contributed by atoms with van der Waals surface area (Å²) in [6.45, 7) is 5.39. The molecular weight excluding hydrogens is 311 g/mol. The molecule has 128 valence electrons. The van der Waals surface area contributed by atoms with Crippen molar-refractivity contribution in [2.24, 2.45) is 16.2 Å². The van der Waals surface area contributed by atoms with Crippen LogP contribution in [0.5, 0.6) is 0 Å². The van der Waals surface area contributed by atoms with E-state index in [1.807, 2.05) is 0 Å². The second-order valence-corrected chi connectivity index (χ2v) is 7.96. The second-order valence-electron chi connectivity index (χ2n) is 7.96. The lowest BCUT2D eigenvalue weighted by Gasteiger charge is -2.53. The smallest absolute Gasteiger partial charge is 0.232 e. The number of halogens is 1. The number of hydrogen-bond acceptors (Lipinski definition) is 3. The van der Waals surface area contributed by atoms with Crippen LogP contribution in [0.15, 0.2) is 24.3 Å². The number of anilines is 1. The quantitative estimate of drug-likeness (QED) is 0.818. The lowest BCUT2D eigenvalue weighted by molar-refractivity contribution is -0.163. The van der Waals surface area contributed by atoms with Gasteiger partial charge in [0.15, 0.2) is 0 Å². The molecule has 1 saturated heterocycles. The number of amides is 3. The summed E-state index contributed by atoms with van der Waals surface area (Å²) in [5.41, 5.74) is -1.88. The van der Waals surface area contributed by atoms with Gasteiger partial charge >= 0.3 is 0 Å². The minimum atomic E-state index is -0.858. The van der Waals surface area contributed by atoms with Gasteiger partial charge < -0.3 is 5.32 Å². The lowest BCUT2D eigenvalue weighted by Crippen LogP contribution is -2.63. The van der Waals surface area contributed by atoms with Crippen molar-refractivity contribution in [1.82, 2.24) is 5.32 Å². The van der Waals surface area contributed by atoms with Gasteiger partial charge in [0.2, 0.25) is 17.7 Å². The molecule has 6 heteroatoms. The van der Waals surface area contributed by atoms with Crippen LogP contribution in [0, 0.1) is 22.1 Å². The van der Waals surface area contributed by atoms with E-state index >= 15 is 0 Å². The van der Waals surface area contributed by atoms with E-state index in [4.69, 9.17) is 0 Å². The molecule has 0 aromatic heterocycles. The molecule has 2 N–H and O–H groups in total. The van der Waals surface area contributed by atoms with E-state index in [0.29, 0.717) is 24.9 Å². The van der Waals surface area contributed by atoms with E-state index in [1.54, 1.807) is 20.8 Å². The molecule has 1 aromatic carbocycles. The van der Waals surface area contributed by atoms with E-state index in [0.717, 1.165) is 0 Å². The number of fused-ring (bicyclic) bond motifs is 2. The first-order valence-electron chi connectivity index (χ1n) is 7.99. The van der Waals surface area contributed by atoms with Crippen LogP contribution in [-0.4, -0.2) is 17.7 Å². The van der Waals surface area contributed by atoms with E-state index < -0.39 is 16.2 Å². The van der Waals surface area contributed by atoms with Crippen LogP contribution in [0.3, 0.4) is 0 Å². The number of benzene rings is 1. The molecule has 2 bridgehead atoms. The van der Waals surface area contributed by atoms with E-state index in [1.165, 1.54) is 24.3 Å². The Balaban J connectivity index is 1.89. The Morgan fingerprint density at radius 2 is 1.50 bits per heavy atom. The maximum Gasteiger partial charge on any atom is 0.232 e. The van der Waals surface area contributed by atoms with Crippen molar-refractivity contribution in [3.8, 4) is 0 Å². The fourth-order valence-corrected chi connectivity index (χ4v) is 4.47. The number of nitrogens with one attached hydrogen (secondary N) is 2. The predicted molar refractivity (Wildman–Crippen MR) is 86.4 cm³/mol. The van der Waals surface area contributed by atoms with Gasteiger partial charge in [-0.15, -0.1) is 0 Å². The Kier molecular flexibility index (Phi) is 3.55. The number of piperidine rings is 1. The fraction of sp³-hybridized carbons (Fsp3) is 0.500. The first-order chi connectivity index (χ1) is 11.1. The van der Waals surface area contributed by atoms with Gasteiger partial charge in [-0.05, 0) is 43.5 Å². The highest BCUT2D eigenvalue weighted by atomic mass is 19.1. The molecule has 1 heterocycles. The molecule has 0 spiro atoms. The predicted octanol–water partition coefficient (Wildman–Crippen LogP) is 2.62. The normalized spacial score (nSPS) is 35.3. The third-order valence-corrected chi connectivity index (χ3v) is 5.31. The zero-order valence-electron chi connectivity index (χ0n) is 14.0. The Bertz CT molecular complexity index is 702. The van der Waals surface area contributed by atoms with Gasteiger partial charge in [-0.1, -0.05) is 20.8 Å². The summed E-state index contributed by atoms with van der Waals surface area (Å²) < 4.78 is 13.0. The fourth-order valence-electron chi connectivity index (χ4n) is 4.47. The Labute approximate surface area is 140 Å². The van der Waals surface area contributed by atoms with Gasteiger partial charge in [-0.3, -0.25) is 19.7 Å². The van der Waals surface area contributed by atoms with Crippen LogP contribution in [0.25, 0.3) is 0 Å². The second kappa shape index (κ2) is 5.13. The van der Waals surface area contributed by atoms with Crippen molar-refractivity contribution in [3.05, 3.63) is 30.1 Å². The standard InChI is InChI=1S/C18H21FN2O3/c1-16(13(22)20-12-6-4-11(19)5-7-12)8-17(2)10-18(3,9-16)15(24)21-14(17)23/h4-7H,8-10H2,1-3H3,(H,20,22)(H,21,23,24). The van der Waals surface area contributed by atoms with Crippen LogP contribution in [0.4, 0.5) is 10.1 Å². The third-order valence-electron chi connectivity index (χ3n) is 5.31. The average molecular weight is 332 g/mol. The molecule has 3 rings (SSSR count). The number of imide groups is 1. The minimum Gasteiger partial charge on any atom is -0.326 e. The first-order valence-corrected chi connectivity index (χ1v) is 7.99. The van der Waals surface area contributed by atoms with Crippen molar-refractivity contribution in [1.29, 1.82) is 0 Å².